The molecule has 6 heteroatoms. The number of rotatable bonds is 2. The summed E-state index contributed by atoms with van der Waals surface area (Å²) in [4.78, 5) is 11.7. The predicted octanol–water partition coefficient (Wildman–Crippen LogP) is 3.51. The fourth-order valence-electron chi connectivity index (χ4n) is 1.19. The summed E-state index contributed by atoms with van der Waals surface area (Å²) in [6.07, 6.45) is 0. The summed E-state index contributed by atoms with van der Waals surface area (Å²) in [6, 6.07) is 6.00. The molecule has 0 spiro atoms. The summed E-state index contributed by atoms with van der Waals surface area (Å²) < 4.78 is 9.70. The van der Waals surface area contributed by atoms with Crippen molar-refractivity contribution < 1.29 is 14.1 Å². The van der Waals surface area contributed by atoms with Crippen LogP contribution in [0.4, 0.5) is 0 Å². The first kappa shape index (κ1) is 12.0. The van der Waals surface area contributed by atoms with E-state index in [1.165, 1.54) is 18.2 Å². The van der Waals surface area contributed by atoms with Crippen LogP contribution in [0.25, 0.3) is 0 Å². The van der Waals surface area contributed by atoms with Crippen LogP contribution in [0, 0.1) is 6.92 Å². The minimum absolute atomic E-state index is 0.0264. The van der Waals surface area contributed by atoms with Crippen LogP contribution in [0.3, 0.4) is 0 Å². The van der Waals surface area contributed by atoms with Gasteiger partial charge in [0.15, 0.2) is 0 Å². The predicted molar refractivity (Wildman–Crippen MR) is 62.7 cm³/mol. The number of benzene rings is 1. The maximum absolute atomic E-state index is 11.7. The molecule has 0 aliphatic heterocycles. The molecule has 0 aliphatic carbocycles. The third kappa shape index (κ3) is 2.78. The molecule has 88 valence electrons. The average Bonchev–Trinajstić information content (AvgIpc) is 2.63. The van der Waals surface area contributed by atoms with Crippen LogP contribution < -0.4 is 4.74 Å². The van der Waals surface area contributed by atoms with Gasteiger partial charge in [-0.25, -0.2) is 4.79 Å². The molecule has 1 aromatic carbocycles. The van der Waals surface area contributed by atoms with Crippen molar-refractivity contribution >= 4 is 29.2 Å². The lowest BCUT2D eigenvalue weighted by Gasteiger charge is -2.02. The van der Waals surface area contributed by atoms with Crippen molar-refractivity contribution in [1.29, 1.82) is 0 Å². The second-order valence-corrected chi connectivity index (χ2v) is 4.14. The third-order valence-corrected chi connectivity index (χ3v) is 2.50. The van der Waals surface area contributed by atoms with Crippen LogP contribution in [0.2, 0.25) is 10.0 Å². The summed E-state index contributed by atoms with van der Waals surface area (Å²) in [5.41, 5.74) is 0.833. The van der Waals surface area contributed by atoms with Crippen LogP contribution in [0.5, 0.6) is 5.95 Å². The average molecular weight is 272 g/mol. The quantitative estimate of drug-likeness (QED) is 0.785. The van der Waals surface area contributed by atoms with Gasteiger partial charge in [-0.15, -0.1) is 0 Å². The highest BCUT2D eigenvalue weighted by molar-refractivity contribution is 6.36. The number of ether oxygens (including phenoxy) is 1. The zero-order valence-corrected chi connectivity index (χ0v) is 10.2. The minimum atomic E-state index is -0.622. The maximum atomic E-state index is 11.7. The minimum Gasteiger partial charge on any atom is -0.387 e. The van der Waals surface area contributed by atoms with Crippen molar-refractivity contribution in [3.8, 4) is 5.95 Å². The molecule has 0 saturated carbocycles. The fraction of sp³-hybridized carbons (Fsp3) is 0.0909. The Hall–Kier alpha value is -1.52. The Kier molecular flexibility index (Phi) is 3.36. The lowest BCUT2D eigenvalue weighted by atomic mass is 10.2. The van der Waals surface area contributed by atoms with Crippen molar-refractivity contribution in [2.24, 2.45) is 0 Å². The standard InChI is InChI=1S/C11H7Cl2NO3/c1-6-4-10(17-14-6)16-11(15)8-3-2-7(12)5-9(8)13/h2-5H,1H3. The van der Waals surface area contributed by atoms with Crippen LogP contribution in [-0.4, -0.2) is 11.1 Å². The summed E-state index contributed by atoms with van der Waals surface area (Å²) in [7, 11) is 0. The SMILES string of the molecule is Cc1cc(OC(=O)c2ccc(Cl)cc2Cl)on1. The zero-order chi connectivity index (χ0) is 12.4. The van der Waals surface area contributed by atoms with Gasteiger partial charge in [0.05, 0.1) is 16.3 Å². The Labute approximate surface area is 107 Å². The highest BCUT2D eigenvalue weighted by Crippen LogP contribution is 2.22. The van der Waals surface area contributed by atoms with Crippen molar-refractivity contribution in [3.05, 3.63) is 45.6 Å². The van der Waals surface area contributed by atoms with E-state index in [1.807, 2.05) is 0 Å². The lowest BCUT2D eigenvalue weighted by Crippen LogP contribution is -2.08. The number of carbonyl (C=O) groups is 1. The second-order valence-electron chi connectivity index (χ2n) is 3.30. The Morgan fingerprint density at radius 1 is 1.35 bits per heavy atom. The summed E-state index contributed by atoms with van der Waals surface area (Å²) >= 11 is 11.6. The summed E-state index contributed by atoms with van der Waals surface area (Å²) in [5.74, 6) is -0.596. The smallest absolute Gasteiger partial charge is 0.347 e. The van der Waals surface area contributed by atoms with E-state index in [1.54, 1.807) is 13.0 Å². The highest BCUT2D eigenvalue weighted by atomic mass is 35.5. The normalized spacial score (nSPS) is 10.3. The Bertz CT molecular complexity index is 566. The van der Waals surface area contributed by atoms with Gasteiger partial charge in [-0.1, -0.05) is 28.4 Å². The molecule has 0 aliphatic rings. The molecule has 2 aromatic rings. The molecule has 17 heavy (non-hydrogen) atoms. The van der Waals surface area contributed by atoms with E-state index in [2.05, 4.69) is 5.16 Å². The number of halogens is 2. The number of hydrogen-bond acceptors (Lipinski definition) is 4. The largest absolute Gasteiger partial charge is 0.387 e. The number of esters is 1. The first-order valence-corrected chi connectivity index (χ1v) is 5.42. The van der Waals surface area contributed by atoms with E-state index in [4.69, 9.17) is 32.5 Å². The van der Waals surface area contributed by atoms with Gasteiger partial charge in [0.25, 0.3) is 0 Å². The Morgan fingerprint density at radius 2 is 2.12 bits per heavy atom. The highest BCUT2D eigenvalue weighted by Gasteiger charge is 2.15. The van der Waals surface area contributed by atoms with Crippen molar-refractivity contribution in [1.82, 2.24) is 5.16 Å². The molecule has 0 unspecified atom stereocenters. The zero-order valence-electron chi connectivity index (χ0n) is 8.74. The molecule has 4 nitrogen and oxygen atoms in total. The maximum Gasteiger partial charge on any atom is 0.347 e. The van der Waals surface area contributed by atoms with Gasteiger partial charge < -0.3 is 9.26 Å². The molecule has 0 saturated heterocycles. The lowest BCUT2D eigenvalue weighted by molar-refractivity contribution is 0.0680. The van der Waals surface area contributed by atoms with Gasteiger partial charge in [0.2, 0.25) is 0 Å². The number of carbonyl (C=O) groups excluding carboxylic acids is 1. The molecule has 0 fully saturated rings. The van der Waals surface area contributed by atoms with Gasteiger partial charge in [0.1, 0.15) is 0 Å². The monoisotopic (exact) mass is 271 g/mol. The topological polar surface area (TPSA) is 52.3 Å². The number of hydrogen-bond donors (Lipinski definition) is 0. The first-order chi connectivity index (χ1) is 8.06. The van der Waals surface area contributed by atoms with E-state index in [-0.39, 0.29) is 16.5 Å². The Morgan fingerprint density at radius 3 is 2.71 bits per heavy atom. The van der Waals surface area contributed by atoms with Crippen molar-refractivity contribution in [3.63, 3.8) is 0 Å². The van der Waals surface area contributed by atoms with Gasteiger partial charge in [-0.2, -0.15) is 0 Å². The molecule has 1 heterocycles. The molecule has 0 radical (unpaired) electrons. The third-order valence-electron chi connectivity index (χ3n) is 1.95. The molecule has 0 atom stereocenters. The second kappa shape index (κ2) is 4.77. The van der Waals surface area contributed by atoms with E-state index in [0.29, 0.717) is 10.7 Å². The molecule has 0 bridgehead atoms. The van der Waals surface area contributed by atoms with Crippen LogP contribution in [0.15, 0.2) is 28.8 Å². The molecule has 2 rings (SSSR count). The molecular weight excluding hydrogens is 265 g/mol. The van der Waals surface area contributed by atoms with E-state index < -0.39 is 5.97 Å². The molecule has 0 N–H and O–H groups in total. The molecular formula is C11H7Cl2NO3. The van der Waals surface area contributed by atoms with Gasteiger partial charge in [-0.3, -0.25) is 0 Å². The summed E-state index contributed by atoms with van der Waals surface area (Å²) in [5, 5.41) is 4.26. The van der Waals surface area contributed by atoms with Gasteiger partial charge >= 0.3 is 11.9 Å². The van der Waals surface area contributed by atoms with E-state index in [0.717, 1.165) is 0 Å². The number of nitrogens with zero attached hydrogens (tertiary/aromatic N) is 1. The number of aromatic nitrogens is 1. The summed E-state index contributed by atoms with van der Waals surface area (Å²) in [6.45, 7) is 1.72. The van der Waals surface area contributed by atoms with Crippen molar-refractivity contribution in [2.45, 2.75) is 6.92 Å². The van der Waals surface area contributed by atoms with E-state index >= 15 is 0 Å². The fourth-order valence-corrected chi connectivity index (χ4v) is 1.68. The van der Waals surface area contributed by atoms with Crippen LogP contribution >= 0.6 is 23.2 Å². The van der Waals surface area contributed by atoms with Crippen molar-refractivity contribution in [2.75, 3.05) is 0 Å². The first-order valence-electron chi connectivity index (χ1n) is 4.67. The van der Waals surface area contributed by atoms with Crippen LogP contribution in [0.1, 0.15) is 16.1 Å². The number of aryl methyl sites for hydroxylation is 1. The molecule has 0 amide bonds. The Balaban J connectivity index is 2.20. The van der Waals surface area contributed by atoms with Gasteiger partial charge in [0, 0.05) is 11.1 Å². The van der Waals surface area contributed by atoms with Gasteiger partial charge in [-0.05, 0) is 25.1 Å². The van der Waals surface area contributed by atoms with E-state index in [9.17, 15) is 4.79 Å². The molecule has 1 aromatic heterocycles. The van der Waals surface area contributed by atoms with Crippen LogP contribution in [-0.2, 0) is 0 Å².